The lowest BCUT2D eigenvalue weighted by Gasteiger charge is -2.33. The first-order valence-corrected chi connectivity index (χ1v) is 10.6. The summed E-state index contributed by atoms with van der Waals surface area (Å²) in [7, 11) is -1.62. The van der Waals surface area contributed by atoms with Crippen LogP contribution in [0.1, 0.15) is 41.2 Å². The van der Waals surface area contributed by atoms with E-state index in [0.717, 1.165) is 17.8 Å². The third-order valence-corrected chi connectivity index (χ3v) is 7.84. The first-order valence-electron chi connectivity index (χ1n) is 8.24. The molecule has 2 saturated heterocycles. The van der Waals surface area contributed by atoms with Crippen molar-refractivity contribution in [3.05, 3.63) is 16.1 Å². The van der Waals surface area contributed by atoms with Crippen molar-refractivity contribution in [1.29, 1.82) is 0 Å². The third-order valence-electron chi connectivity index (χ3n) is 4.61. The Kier molecular flexibility index (Phi) is 5.53. The van der Waals surface area contributed by atoms with Gasteiger partial charge in [0, 0.05) is 38.7 Å². The Morgan fingerprint density at radius 1 is 1.29 bits per heavy atom. The van der Waals surface area contributed by atoms with Gasteiger partial charge in [-0.3, -0.25) is 4.79 Å². The average molecular weight is 374 g/mol. The second-order valence-electron chi connectivity index (χ2n) is 6.20. The highest BCUT2D eigenvalue weighted by Crippen LogP contribution is 2.25. The quantitative estimate of drug-likeness (QED) is 0.778. The van der Waals surface area contributed by atoms with E-state index in [1.807, 2.05) is 0 Å². The highest BCUT2D eigenvalue weighted by atomic mass is 32.2. The normalized spacial score (nSPS) is 20.6. The standard InChI is InChI=1S/C15H23N3O4S2/c1-22-10-14-16-13(11-23-14)15(19)17-8-4-12(5-9-17)24(20,21)18-6-2-3-7-18/h11-12H,2-10H2,1H3. The van der Waals surface area contributed by atoms with Crippen molar-refractivity contribution < 1.29 is 17.9 Å². The first kappa shape index (κ1) is 17.8. The zero-order valence-corrected chi connectivity index (χ0v) is 15.4. The van der Waals surface area contributed by atoms with Crippen LogP contribution in [0.4, 0.5) is 0 Å². The monoisotopic (exact) mass is 373 g/mol. The second kappa shape index (κ2) is 7.47. The molecule has 0 N–H and O–H groups in total. The summed E-state index contributed by atoms with van der Waals surface area (Å²) in [5.41, 5.74) is 0.424. The fourth-order valence-electron chi connectivity index (χ4n) is 3.27. The molecule has 0 saturated carbocycles. The number of carbonyl (C=O) groups is 1. The van der Waals surface area contributed by atoms with Crippen LogP contribution in [-0.4, -0.2) is 67.1 Å². The Balaban J connectivity index is 1.59. The van der Waals surface area contributed by atoms with Crippen LogP contribution in [0.3, 0.4) is 0 Å². The Morgan fingerprint density at radius 2 is 1.96 bits per heavy atom. The Morgan fingerprint density at radius 3 is 2.58 bits per heavy atom. The van der Waals surface area contributed by atoms with E-state index >= 15 is 0 Å². The number of carbonyl (C=O) groups excluding carboxylic acids is 1. The zero-order valence-electron chi connectivity index (χ0n) is 13.8. The lowest BCUT2D eigenvalue weighted by atomic mass is 10.1. The number of nitrogens with zero attached hydrogens (tertiary/aromatic N) is 3. The summed E-state index contributed by atoms with van der Waals surface area (Å²) >= 11 is 1.40. The maximum Gasteiger partial charge on any atom is 0.273 e. The summed E-state index contributed by atoms with van der Waals surface area (Å²) in [6, 6.07) is 0. The van der Waals surface area contributed by atoms with E-state index in [0.29, 0.717) is 51.3 Å². The number of likely N-dealkylation sites (tertiary alicyclic amines) is 1. The number of thiazole rings is 1. The van der Waals surface area contributed by atoms with Crippen molar-refractivity contribution in [1.82, 2.24) is 14.2 Å². The molecule has 9 heteroatoms. The van der Waals surface area contributed by atoms with Gasteiger partial charge in [0.05, 0.1) is 11.9 Å². The molecule has 2 fully saturated rings. The summed E-state index contributed by atoms with van der Waals surface area (Å²) in [6.07, 6.45) is 2.90. The van der Waals surface area contributed by atoms with Gasteiger partial charge in [-0.1, -0.05) is 0 Å². The fourth-order valence-corrected chi connectivity index (χ4v) is 6.00. The minimum atomic E-state index is -3.21. The van der Waals surface area contributed by atoms with Crippen molar-refractivity contribution in [3.63, 3.8) is 0 Å². The van der Waals surface area contributed by atoms with Gasteiger partial charge < -0.3 is 9.64 Å². The van der Waals surface area contributed by atoms with Crippen LogP contribution in [0.5, 0.6) is 0 Å². The first-order chi connectivity index (χ1) is 11.5. The Bertz CT molecular complexity index is 675. The van der Waals surface area contributed by atoms with Crippen LogP contribution in [-0.2, 0) is 21.4 Å². The average Bonchev–Trinajstić information content (AvgIpc) is 3.27. The van der Waals surface area contributed by atoms with Crippen LogP contribution < -0.4 is 0 Å². The molecule has 3 rings (SSSR count). The maximum absolute atomic E-state index is 12.6. The van der Waals surface area contributed by atoms with E-state index < -0.39 is 10.0 Å². The SMILES string of the molecule is COCc1nc(C(=O)N2CCC(S(=O)(=O)N3CCCC3)CC2)cs1. The summed E-state index contributed by atoms with van der Waals surface area (Å²) in [4.78, 5) is 18.5. The molecular formula is C15H23N3O4S2. The summed E-state index contributed by atoms with van der Waals surface area (Å²) in [6.45, 7) is 2.61. The minimum absolute atomic E-state index is 0.120. The van der Waals surface area contributed by atoms with Gasteiger partial charge in [-0.25, -0.2) is 17.7 Å². The molecule has 7 nitrogen and oxygen atoms in total. The molecule has 0 bridgehead atoms. The van der Waals surface area contributed by atoms with Crippen LogP contribution >= 0.6 is 11.3 Å². The second-order valence-corrected chi connectivity index (χ2v) is 9.36. The Hall–Kier alpha value is -1.03. The number of rotatable bonds is 5. The largest absolute Gasteiger partial charge is 0.378 e. The number of methoxy groups -OCH3 is 1. The van der Waals surface area contributed by atoms with Gasteiger partial charge in [-0.05, 0) is 25.7 Å². The zero-order chi connectivity index (χ0) is 17.2. The van der Waals surface area contributed by atoms with Crippen LogP contribution in [0.25, 0.3) is 0 Å². The lowest BCUT2D eigenvalue weighted by molar-refractivity contribution is 0.0719. The molecule has 0 aliphatic carbocycles. The minimum Gasteiger partial charge on any atom is -0.378 e. The topological polar surface area (TPSA) is 79.8 Å². The number of amides is 1. The molecule has 24 heavy (non-hydrogen) atoms. The van der Waals surface area contributed by atoms with Gasteiger partial charge in [-0.2, -0.15) is 0 Å². The van der Waals surface area contributed by atoms with Gasteiger partial charge in [0.15, 0.2) is 0 Å². The molecule has 1 aromatic rings. The van der Waals surface area contributed by atoms with Gasteiger partial charge in [0.1, 0.15) is 10.7 Å². The highest BCUT2D eigenvalue weighted by Gasteiger charge is 2.37. The van der Waals surface area contributed by atoms with Crippen molar-refractivity contribution in [2.45, 2.75) is 37.5 Å². The van der Waals surface area contributed by atoms with Crippen LogP contribution in [0, 0.1) is 0 Å². The van der Waals surface area contributed by atoms with E-state index in [2.05, 4.69) is 4.98 Å². The number of ether oxygens (including phenoxy) is 1. The van der Waals surface area contributed by atoms with E-state index in [-0.39, 0.29) is 11.2 Å². The molecule has 2 aliphatic rings. The molecular weight excluding hydrogens is 350 g/mol. The molecule has 0 aromatic carbocycles. The molecule has 1 amide bonds. The number of aromatic nitrogens is 1. The van der Waals surface area contributed by atoms with Crippen molar-refractivity contribution in [2.75, 3.05) is 33.3 Å². The van der Waals surface area contributed by atoms with E-state index in [1.165, 1.54) is 11.3 Å². The summed E-state index contributed by atoms with van der Waals surface area (Å²) in [5.74, 6) is -0.120. The fraction of sp³-hybridized carbons (Fsp3) is 0.733. The van der Waals surface area contributed by atoms with Crippen molar-refractivity contribution in [3.8, 4) is 0 Å². The number of piperidine rings is 1. The molecule has 0 unspecified atom stereocenters. The van der Waals surface area contributed by atoms with Gasteiger partial charge in [0.2, 0.25) is 10.0 Å². The molecule has 0 radical (unpaired) electrons. The maximum atomic E-state index is 12.6. The molecule has 0 spiro atoms. The third kappa shape index (κ3) is 3.63. The Labute approximate surface area is 146 Å². The summed E-state index contributed by atoms with van der Waals surface area (Å²) < 4.78 is 31.9. The number of hydrogen-bond donors (Lipinski definition) is 0. The van der Waals surface area contributed by atoms with Crippen LogP contribution in [0.15, 0.2) is 5.38 Å². The van der Waals surface area contributed by atoms with E-state index in [9.17, 15) is 13.2 Å². The summed E-state index contributed by atoms with van der Waals surface area (Å²) in [5, 5.41) is 2.15. The van der Waals surface area contributed by atoms with E-state index in [4.69, 9.17) is 4.74 Å². The smallest absolute Gasteiger partial charge is 0.273 e. The van der Waals surface area contributed by atoms with Crippen molar-refractivity contribution >= 4 is 27.3 Å². The highest BCUT2D eigenvalue weighted by molar-refractivity contribution is 7.89. The molecule has 1 aromatic heterocycles. The molecule has 2 aliphatic heterocycles. The van der Waals surface area contributed by atoms with Gasteiger partial charge in [0.25, 0.3) is 5.91 Å². The van der Waals surface area contributed by atoms with Gasteiger partial charge in [-0.15, -0.1) is 11.3 Å². The van der Waals surface area contributed by atoms with Crippen LogP contribution in [0.2, 0.25) is 0 Å². The van der Waals surface area contributed by atoms with E-state index in [1.54, 1.807) is 21.7 Å². The predicted molar refractivity (Wildman–Crippen MR) is 91.5 cm³/mol. The van der Waals surface area contributed by atoms with Gasteiger partial charge >= 0.3 is 0 Å². The lowest BCUT2D eigenvalue weighted by Crippen LogP contribution is -2.46. The number of hydrogen-bond acceptors (Lipinski definition) is 6. The predicted octanol–water partition coefficient (Wildman–Crippen LogP) is 1.32. The number of sulfonamides is 1. The molecule has 3 heterocycles. The van der Waals surface area contributed by atoms with Crippen molar-refractivity contribution in [2.24, 2.45) is 0 Å². The molecule has 0 atom stereocenters. The molecule has 134 valence electrons.